The van der Waals surface area contributed by atoms with Crippen molar-refractivity contribution in [2.24, 2.45) is 0 Å². The van der Waals surface area contributed by atoms with Gasteiger partial charge >= 0.3 is 0 Å². The molecule has 3 heterocycles. The van der Waals surface area contributed by atoms with Crippen LogP contribution in [0.5, 0.6) is 5.75 Å². The fraction of sp³-hybridized carbons (Fsp3) is 0.500. The number of ether oxygens (including phenoxy) is 1. The minimum absolute atomic E-state index is 0.229. The summed E-state index contributed by atoms with van der Waals surface area (Å²) in [7, 11) is 0. The van der Waals surface area contributed by atoms with Gasteiger partial charge in [-0.2, -0.15) is 0 Å². The van der Waals surface area contributed by atoms with E-state index in [9.17, 15) is 4.79 Å². The normalized spacial score (nSPS) is 19.1. The van der Waals surface area contributed by atoms with Gasteiger partial charge in [0.2, 0.25) is 5.91 Å². The average molecular weight is 340 g/mol. The summed E-state index contributed by atoms with van der Waals surface area (Å²) in [5, 5.41) is 3.96. The Hall–Kier alpha value is -2.30. The lowest BCUT2D eigenvalue weighted by atomic mass is 9.96. The van der Waals surface area contributed by atoms with Crippen molar-refractivity contribution in [1.82, 2.24) is 10.1 Å². The average Bonchev–Trinajstić information content (AvgIpc) is 3.33. The molecule has 1 aromatic carbocycles. The Labute approximate surface area is 147 Å². The minimum atomic E-state index is 0.229. The molecule has 1 amide bonds. The first kappa shape index (κ1) is 16.2. The van der Waals surface area contributed by atoms with E-state index in [1.165, 1.54) is 11.1 Å². The molecule has 1 unspecified atom stereocenters. The monoisotopic (exact) mass is 340 g/mol. The second kappa shape index (κ2) is 6.54. The standard InChI is InChI=1S/C20H24N2O3/c1-13-18(14(2)25-21-13)4-6-20(23)22-9-7-17(12-22)15-3-5-19-16(11-15)8-10-24-19/h3,5,11,17H,4,6-10,12H2,1-2H3. The van der Waals surface area contributed by atoms with E-state index in [4.69, 9.17) is 9.26 Å². The Kier molecular flexibility index (Phi) is 4.24. The van der Waals surface area contributed by atoms with Crippen LogP contribution in [0.25, 0.3) is 0 Å². The molecule has 2 aliphatic rings. The zero-order valence-corrected chi connectivity index (χ0v) is 14.9. The fourth-order valence-corrected chi connectivity index (χ4v) is 3.97. The van der Waals surface area contributed by atoms with Gasteiger partial charge in [-0.05, 0) is 43.9 Å². The maximum Gasteiger partial charge on any atom is 0.222 e. The second-order valence-electron chi connectivity index (χ2n) is 7.09. The predicted molar refractivity (Wildman–Crippen MR) is 93.9 cm³/mol. The number of carbonyl (C=O) groups is 1. The molecule has 0 radical (unpaired) electrons. The summed E-state index contributed by atoms with van der Waals surface area (Å²) < 4.78 is 10.8. The molecule has 2 aliphatic heterocycles. The largest absolute Gasteiger partial charge is 0.493 e. The van der Waals surface area contributed by atoms with Crippen LogP contribution in [0.1, 0.15) is 46.9 Å². The predicted octanol–water partition coefficient (Wildman–Crippen LogP) is 3.18. The highest BCUT2D eigenvalue weighted by Gasteiger charge is 2.28. The summed E-state index contributed by atoms with van der Waals surface area (Å²) in [6.45, 7) is 6.29. The maximum atomic E-state index is 12.6. The molecule has 25 heavy (non-hydrogen) atoms. The Morgan fingerprint density at radius 2 is 2.24 bits per heavy atom. The third kappa shape index (κ3) is 3.15. The van der Waals surface area contributed by atoms with Gasteiger partial charge in [0.15, 0.2) is 0 Å². The molecule has 2 aromatic rings. The Morgan fingerprint density at radius 1 is 1.36 bits per heavy atom. The molecular weight excluding hydrogens is 316 g/mol. The molecule has 0 bridgehead atoms. The van der Waals surface area contributed by atoms with Gasteiger partial charge in [-0.15, -0.1) is 0 Å². The van der Waals surface area contributed by atoms with E-state index >= 15 is 0 Å². The molecule has 1 atom stereocenters. The molecule has 0 saturated carbocycles. The van der Waals surface area contributed by atoms with Crippen LogP contribution < -0.4 is 4.74 Å². The second-order valence-corrected chi connectivity index (χ2v) is 7.09. The number of aryl methyl sites for hydroxylation is 2. The molecule has 5 heteroatoms. The van der Waals surface area contributed by atoms with Crippen LogP contribution in [0.3, 0.4) is 0 Å². The van der Waals surface area contributed by atoms with E-state index in [1.54, 1.807) is 0 Å². The minimum Gasteiger partial charge on any atom is -0.493 e. The summed E-state index contributed by atoms with van der Waals surface area (Å²) in [4.78, 5) is 14.6. The van der Waals surface area contributed by atoms with Gasteiger partial charge in [0.1, 0.15) is 11.5 Å². The topological polar surface area (TPSA) is 55.6 Å². The summed E-state index contributed by atoms with van der Waals surface area (Å²) >= 11 is 0. The highest BCUT2D eigenvalue weighted by atomic mass is 16.5. The van der Waals surface area contributed by atoms with Crippen LogP contribution in [-0.4, -0.2) is 35.7 Å². The third-order valence-electron chi connectivity index (χ3n) is 5.50. The molecule has 1 fully saturated rings. The van der Waals surface area contributed by atoms with Gasteiger partial charge in [-0.1, -0.05) is 17.3 Å². The summed E-state index contributed by atoms with van der Waals surface area (Å²) in [5.74, 6) is 2.51. The zero-order valence-electron chi connectivity index (χ0n) is 14.9. The van der Waals surface area contributed by atoms with Gasteiger partial charge < -0.3 is 14.2 Å². The van der Waals surface area contributed by atoms with Crippen LogP contribution in [0.4, 0.5) is 0 Å². The Balaban J connectivity index is 1.36. The number of benzene rings is 1. The molecule has 5 nitrogen and oxygen atoms in total. The first-order valence-electron chi connectivity index (χ1n) is 9.07. The van der Waals surface area contributed by atoms with Gasteiger partial charge in [0.05, 0.1) is 12.3 Å². The van der Waals surface area contributed by atoms with Gasteiger partial charge in [-0.3, -0.25) is 4.79 Å². The van der Waals surface area contributed by atoms with Gasteiger partial charge in [0.25, 0.3) is 0 Å². The number of fused-ring (bicyclic) bond motifs is 1. The van der Waals surface area contributed by atoms with Crippen molar-refractivity contribution < 1.29 is 14.1 Å². The highest BCUT2D eigenvalue weighted by Crippen LogP contribution is 2.33. The molecule has 4 rings (SSSR count). The van der Waals surface area contributed by atoms with Crippen molar-refractivity contribution in [2.75, 3.05) is 19.7 Å². The van der Waals surface area contributed by atoms with Crippen LogP contribution in [0, 0.1) is 13.8 Å². The van der Waals surface area contributed by atoms with E-state index in [1.807, 2.05) is 18.7 Å². The molecule has 1 saturated heterocycles. The van der Waals surface area contributed by atoms with Crippen molar-refractivity contribution in [3.63, 3.8) is 0 Å². The lowest BCUT2D eigenvalue weighted by Gasteiger charge is -2.17. The summed E-state index contributed by atoms with van der Waals surface area (Å²) in [6, 6.07) is 6.51. The third-order valence-corrected chi connectivity index (χ3v) is 5.50. The van der Waals surface area contributed by atoms with E-state index in [2.05, 4.69) is 23.4 Å². The summed E-state index contributed by atoms with van der Waals surface area (Å²) in [5.41, 5.74) is 4.61. The van der Waals surface area contributed by atoms with Crippen molar-refractivity contribution >= 4 is 5.91 Å². The molecule has 0 spiro atoms. The quantitative estimate of drug-likeness (QED) is 0.858. The number of nitrogens with zero attached hydrogens (tertiary/aromatic N) is 2. The number of amides is 1. The maximum absolute atomic E-state index is 12.6. The number of carbonyl (C=O) groups excluding carboxylic acids is 1. The van der Waals surface area contributed by atoms with Crippen LogP contribution in [-0.2, 0) is 17.6 Å². The number of aromatic nitrogens is 1. The SMILES string of the molecule is Cc1noc(C)c1CCC(=O)N1CCC(c2ccc3c(c2)CCO3)C1. The lowest BCUT2D eigenvalue weighted by Crippen LogP contribution is -2.28. The molecule has 1 aromatic heterocycles. The Bertz CT molecular complexity index is 777. The number of rotatable bonds is 4. The Morgan fingerprint density at radius 3 is 3.04 bits per heavy atom. The van der Waals surface area contributed by atoms with E-state index in [-0.39, 0.29) is 5.91 Å². The molecular formula is C20H24N2O3. The van der Waals surface area contributed by atoms with Crippen LogP contribution in [0.15, 0.2) is 22.7 Å². The molecule has 0 N–H and O–H groups in total. The van der Waals surface area contributed by atoms with Gasteiger partial charge in [0, 0.05) is 37.4 Å². The number of hydrogen-bond donors (Lipinski definition) is 0. The van der Waals surface area contributed by atoms with Crippen LogP contribution in [0.2, 0.25) is 0 Å². The first-order valence-corrected chi connectivity index (χ1v) is 9.07. The van der Waals surface area contributed by atoms with E-state index in [0.717, 1.165) is 55.3 Å². The smallest absolute Gasteiger partial charge is 0.222 e. The van der Waals surface area contributed by atoms with Crippen molar-refractivity contribution in [2.45, 2.75) is 45.4 Å². The molecule has 132 valence electrons. The van der Waals surface area contributed by atoms with Crippen molar-refractivity contribution in [1.29, 1.82) is 0 Å². The fourth-order valence-electron chi connectivity index (χ4n) is 3.97. The first-order chi connectivity index (χ1) is 12.1. The van der Waals surface area contributed by atoms with Crippen molar-refractivity contribution in [3.8, 4) is 5.75 Å². The zero-order chi connectivity index (χ0) is 17.4. The van der Waals surface area contributed by atoms with Gasteiger partial charge in [-0.25, -0.2) is 0 Å². The van der Waals surface area contributed by atoms with E-state index < -0.39 is 0 Å². The highest BCUT2D eigenvalue weighted by molar-refractivity contribution is 5.77. The van der Waals surface area contributed by atoms with E-state index in [0.29, 0.717) is 18.8 Å². The van der Waals surface area contributed by atoms with Crippen molar-refractivity contribution in [3.05, 3.63) is 46.3 Å². The molecule has 0 aliphatic carbocycles. The number of hydrogen-bond acceptors (Lipinski definition) is 4. The van der Waals surface area contributed by atoms with Crippen LogP contribution >= 0.6 is 0 Å². The number of likely N-dealkylation sites (tertiary alicyclic amines) is 1. The lowest BCUT2D eigenvalue weighted by molar-refractivity contribution is -0.130. The summed E-state index contributed by atoms with van der Waals surface area (Å²) in [6.07, 6.45) is 3.26.